The largest absolute Gasteiger partial charge is 0.497 e. The van der Waals surface area contributed by atoms with Crippen LogP contribution in [0, 0.1) is 0 Å². The summed E-state index contributed by atoms with van der Waals surface area (Å²) >= 11 is 0. The molecule has 1 heterocycles. The number of hydrogen-bond acceptors (Lipinski definition) is 4. The van der Waals surface area contributed by atoms with Gasteiger partial charge in [0, 0.05) is 34.9 Å². The van der Waals surface area contributed by atoms with Gasteiger partial charge in [-0.25, -0.2) is 0 Å². The van der Waals surface area contributed by atoms with Gasteiger partial charge in [-0.15, -0.1) is 0 Å². The zero-order chi connectivity index (χ0) is 13.0. The first-order valence-corrected chi connectivity index (χ1v) is 7.56. The molecule has 1 aliphatic heterocycles. The Morgan fingerprint density at radius 2 is 2.33 bits per heavy atom. The van der Waals surface area contributed by atoms with Gasteiger partial charge in [-0.1, -0.05) is 0 Å². The monoisotopic (exact) mass is 269 g/mol. The zero-order valence-corrected chi connectivity index (χ0v) is 11.4. The van der Waals surface area contributed by atoms with Crippen LogP contribution in [0.15, 0.2) is 18.2 Å². The lowest BCUT2D eigenvalue weighted by Crippen LogP contribution is -2.16. The summed E-state index contributed by atoms with van der Waals surface area (Å²) in [6, 6.07) is 5.48. The van der Waals surface area contributed by atoms with E-state index in [1.54, 1.807) is 13.2 Å². The van der Waals surface area contributed by atoms with E-state index in [4.69, 9.17) is 15.2 Å². The van der Waals surface area contributed by atoms with E-state index in [1.807, 2.05) is 12.1 Å². The van der Waals surface area contributed by atoms with Crippen LogP contribution in [0.2, 0.25) is 0 Å². The van der Waals surface area contributed by atoms with Crippen LogP contribution in [0.4, 0.5) is 5.69 Å². The number of rotatable bonds is 5. The average Bonchev–Trinajstić information content (AvgIpc) is 2.80. The van der Waals surface area contributed by atoms with Crippen molar-refractivity contribution in [3.05, 3.63) is 23.8 Å². The van der Waals surface area contributed by atoms with Gasteiger partial charge in [0.2, 0.25) is 0 Å². The highest BCUT2D eigenvalue weighted by atomic mass is 32.2. The maximum Gasteiger partial charge on any atom is 0.121 e. The van der Waals surface area contributed by atoms with Crippen LogP contribution in [-0.4, -0.2) is 29.8 Å². The van der Waals surface area contributed by atoms with Gasteiger partial charge in [0.05, 0.1) is 19.0 Å². The molecule has 0 saturated carbocycles. The van der Waals surface area contributed by atoms with Crippen LogP contribution in [0.3, 0.4) is 0 Å². The van der Waals surface area contributed by atoms with E-state index in [1.165, 1.54) is 0 Å². The van der Waals surface area contributed by atoms with Gasteiger partial charge in [0.15, 0.2) is 0 Å². The summed E-state index contributed by atoms with van der Waals surface area (Å²) in [7, 11) is 0.684. The first-order chi connectivity index (χ1) is 8.67. The summed E-state index contributed by atoms with van der Waals surface area (Å²) in [5.41, 5.74) is 7.36. The smallest absolute Gasteiger partial charge is 0.121 e. The lowest BCUT2D eigenvalue weighted by atomic mass is 10.2. The van der Waals surface area contributed by atoms with Gasteiger partial charge in [-0.2, -0.15) is 0 Å². The summed E-state index contributed by atoms with van der Waals surface area (Å²) in [6.07, 6.45) is 2.26. The zero-order valence-electron chi connectivity index (χ0n) is 10.6. The second kappa shape index (κ2) is 6.20. The molecule has 4 nitrogen and oxygen atoms in total. The lowest BCUT2D eigenvalue weighted by molar-refractivity contribution is 0.128. The van der Waals surface area contributed by atoms with Crippen LogP contribution in [-0.2, 0) is 21.3 Å². The van der Waals surface area contributed by atoms with Gasteiger partial charge in [0.1, 0.15) is 5.75 Å². The summed E-state index contributed by atoms with van der Waals surface area (Å²) in [5, 5.41) is 0. The summed E-state index contributed by atoms with van der Waals surface area (Å²) in [6.45, 7) is 0.800. The summed E-state index contributed by atoms with van der Waals surface area (Å²) < 4.78 is 22.7. The summed E-state index contributed by atoms with van der Waals surface area (Å²) in [4.78, 5) is 0. The van der Waals surface area contributed by atoms with Crippen LogP contribution in [0.5, 0.6) is 5.75 Å². The van der Waals surface area contributed by atoms with Crippen LogP contribution in [0.1, 0.15) is 18.4 Å². The minimum atomic E-state index is -0.915. The molecule has 1 aliphatic rings. The molecule has 5 heteroatoms. The quantitative estimate of drug-likeness (QED) is 0.827. The number of nitrogens with two attached hydrogens (primary N) is 1. The fourth-order valence-electron chi connectivity index (χ4n) is 2.12. The lowest BCUT2D eigenvalue weighted by Gasteiger charge is -2.10. The van der Waals surface area contributed by atoms with Crippen molar-refractivity contribution in [1.82, 2.24) is 0 Å². The molecule has 0 amide bonds. The minimum Gasteiger partial charge on any atom is -0.497 e. The molecule has 0 radical (unpaired) electrons. The van der Waals surface area contributed by atoms with Crippen molar-refractivity contribution in [2.75, 3.05) is 25.2 Å². The molecule has 2 rings (SSSR count). The Morgan fingerprint density at radius 1 is 1.50 bits per heavy atom. The van der Waals surface area contributed by atoms with E-state index in [9.17, 15) is 4.21 Å². The molecule has 0 aromatic heterocycles. The first kappa shape index (κ1) is 13.4. The fourth-order valence-corrected chi connectivity index (χ4v) is 3.45. The number of methoxy groups -OCH3 is 1. The molecule has 0 spiro atoms. The minimum absolute atomic E-state index is 0.161. The number of benzene rings is 1. The normalized spacial score (nSPS) is 20.8. The van der Waals surface area contributed by atoms with Crippen molar-refractivity contribution in [1.29, 1.82) is 0 Å². The molecule has 1 aromatic carbocycles. The van der Waals surface area contributed by atoms with Crippen molar-refractivity contribution in [3.63, 3.8) is 0 Å². The maximum absolute atomic E-state index is 12.0. The predicted molar refractivity (Wildman–Crippen MR) is 73.1 cm³/mol. The Balaban J connectivity index is 1.95. The second-order valence-corrected chi connectivity index (χ2v) is 6.00. The molecule has 1 fully saturated rings. The standard InChI is InChI=1S/C13H19NO3S/c1-16-13-6-10(5-11(14)7-13)8-18(15)9-12-3-2-4-17-12/h5-7,12H,2-4,8-9,14H2,1H3. The highest BCUT2D eigenvalue weighted by molar-refractivity contribution is 7.84. The Kier molecular flexibility index (Phi) is 4.60. The van der Waals surface area contributed by atoms with Crippen LogP contribution in [0.25, 0.3) is 0 Å². The molecule has 0 bridgehead atoms. The van der Waals surface area contributed by atoms with E-state index in [0.29, 0.717) is 22.9 Å². The van der Waals surface area contributed by atoms with Gasteiger partial charge >= 0.3 is 0 Å². The number of hydrogen-bond donors (Lipinski definition) is 1. The van der Waals surface area contributed by atoms with Gasteiger partial charge < -0.3 is 15.2 Å². The van der Waals surface area contributed by atoms with E-state index in [0.717, 1.165) is 25.0 Å². The van der Waals surface area contributed by atoms with Crippen LogP contribution >= 0.6 is 0 Å². The first-order valence-electron chi connectivity index (χ1n) is 6.07. The predicted octanol–water partition coefficient (Wildman–Crippen LogP) is 1.71. The van der Waals surface area contributed by atoms with E-state index < -0.39 is 10.8 Å². The van der Waals surface area contributed by atoms with Crippen molar-refractivity contribution in [2.24, 2.45) is 0 Å². The number of anilines is 1. The molecule has 1 saturated heterocycles. The van der Waals surface area contributed by atoms with E-state index >= 15 is 0 Å². The van der Waals surface area contributed by atoms with E-state index in [-0.39, 0.29) is 6.10 Å². The van der Waals surface area contributed by atoms with Crippen LogP contribution < -0.4 is 10.5 Å². The highest BCUT2D eigenvalue weighted by Gasteiger charge is 2.18. The van der Waals surface area contributed by atoms with Gasteiger partial charge in [-0.05, 0) is 30.5 Å². The third kappa shape index (κ3) is 3.71. The Labute approximate surface area is 110 Å². The molecule has 18 heavy (non-hydrogen) atoms. The molecular formula is C13H19NO3S. The molecule has 2 atom stereocenters. The molecule has 2 unspecified atom stereocenters. The second-order valence-electron chi connectivity index (χ2n) is 4.50. The van der Waals surface area contributed by atoms with E-state index in [2.05, 4.69) is 0 Å². The third-order valence-corrected chi connectivity index (χ3v) is 4.35. The Hall–Kier alpha value is -1.07. The molecule has 100 valence electrons. The maximum atomic E-state index is 12.0. The third-order valence-electron chi connectivity index (χ3n) is 2.95. The SMILES string of the molecule is COc1cc(N)cc(CS(=O)CC2CCCO2)c1. The average molecular weight is 269 g/mol. The van der Waals surface area contributed by atoms with Crippen molar-refractivity contribution in [2.45, 2.75) is 24.7 Å². The summed E-state index contributed by atoms with van der Waals surface area (Å²) in [5.74, 6) is 1.82. The topological polar surface area (TPSA) is 61.5 Å². The van der Waals surface area contributed by atoms with Crippen molar-refractivity contribution >= 4 is 16.5 Å². The molecule has 0 aliphatic carbocycles. The molecular weight excluding hydrogens is 250 g/mol. The van der Waals surface area contributed by atoms with Crippen molar-refractivity contribution < 1.29 is 13.7 Å². The van der Waals surface area contributed by atoms with Gasteiger partial charge in [-0.3, -0.25) is 4.21 Å². The fraction of sp³-hybridized carbons (Fsp3) is 0.538. The Bertz CT molecular complexity index is 430. The number of nitrogen functional groups attached to an aromatic ring is 1. The molecule has 1 aromatic rings. The molecule has 2 N–H and O–H groups in total. The van der Waals surface area contributed by atoms with Gasteiger partial charge in [0.25, 0.3) is 0 Å². The highest BCUT2D eigenvalue weighted by Crippen LogP contribution is 2.20. The van der Waals surface area contributed by atoms with Crippen molar-refractivity contribution in [3.8, 4) is 5.75 Å². The Morgan fingerprint density at radius 3 is 3.00 bits per heavy atom. The number of ether oxygens (including phenoxy) is 2.